The molecule has 1 N–H and O–H groups in total. The molecule has 0 saturated carbocycles. The first-order chi connectivity index (χ1) is 6.69. The van der Waals surface area contributed by atoms with E-state index in [-0.39, 0.29) is 5.60 Å². The lowest BCUT2D eigenvalue weighted by molar-refractivity contribution is 0.0184. The summed E-state index contributed by atoms with van der Waals surface area (Å²) in [5, 5.41) is 10.9. The maximum absolute atomic E-state index is 10.4. The molecule has 0 radical (unpaired) electrons. The van der Waals surface area contributed by atoms with Crippen LogP contribution in [0.5, 0.6) is 0 Å². The Balaban J connectivity index is 2.25. The van der Waals surface area contributed by atoms with Gasteiger partial charge in [0.15, 0.2) is 0 Å². The monoisotopic (exact) mass is 216 g/mol. The molecule has 2 heteroatoms. The first-order valence-electron chi connectivity index (χ1n) is 6.03. The summed E-state index contributed by atoms with van der Waals surface area (Å²) in [6, 6.07) is 0. The second-order valence-corrected chi connectivity index (χ2v) is 5.98. The predicted octanol–water partition coefficient (Wildman–Crippen LogP) is 3.60. The second kappa shape index (κ2) is 6.02. The first kappa shape index (κ1) is 12.4. The van der Waals surface area contributed by atoms with E-state index in [0.29, 0.717) is 5.25 Å². The maximum atomic E-state index is 10.4. The average molecular weight is 216 g/mol. The van der Waals surface area contributed by atoms with Gasteiger partial charge in [0.05, 0.1) is 5.60 Å². The predicted molar refractivity (Wildman–Crippen MR) is 64.9 cm³/mol. The Bertz CT molecular complexity index is 160. The van der Waals surface area contributed by atoms with Crippen molar-refractivity contribution < 1.29 is 5.11 Å². The molecule has 0 aromatic rings. The van der Waals surface area contributed by atoms with Gasteiger partial charge in [0.25, 0.3) is 0 Å². The van der Waals surface area contributed by atoms with Crippen molar-refractivity contribution in [3.8, 4) is 0 Å². The molecule has 1 nitrogen and oxygen atoms in total. The third-order valence-corrected chi connectivity index (χ3v) is 4.80. The number of unbranched alkanes of at least 4 members (excludes halogenated alkanes) is 3. The molecule has 2 unspecified atom stereocenters. The highest BCUT2D eigenvalue weighted by Gasteiger charge is 2.35. The molecule has 1 heterocycles. The Morgan fingerprint density at radius 3 is 2.79 bits per heavy atom. The highest BCUT2D eigenvalue weighted by molar-refractivity contribution is 8.00. The van der Waals surface area contributed by atoms with Gasteiger partial charge in [0.2, 0.25) is 0 Å². The molecule has 1 saturated heterocycles. The molecule has 0 bridgehead atoms. The number of hydrogen-bond donors (Lipinski definition) is 1. The smallest absolute Gasteiger partial charge is 0.0763 e. The van der Waals surface area contributed by atoms with Crippen LogP contribution in [0, 0.1) is 0 Å². The van der Waals surface area contributed by atoms with Crippen molar-refractivity contribution in [3.63, 3.8) is 0 Å². The molecule has 14 heavy (non-hydrogen) atoms. The Hall–Kier alpha value is 0.310. The highest BCUT2D eigenvalue weighted by Crippen LogP contribution is 2.37. The number of thioether (sulfide) groups is 1. The van der Waals surface area contributed by atoms with Gasteiger partial charge in [-0.15, -0.1) is 0 Å². The average Bonchev–Trinajstić information content (AvgIpc) is 2.18. The summed E-state index contributed by atoms with van der Waals surface area (Å²) in [5.41, 5.74) is -0.351. The van der Waals surface area contributed by atoms with E-state index in [9.17, 15) is 5.11 Å². The van der Waals surface area contributed by atoms with Gasteiger partial charge in [0, 0.05) is 5.25 Å². The minimum atomic E-state index is -0.351. The molecule has 2 atom stereocenters. The van der Waals surface area contributed by atoms with Crippen LogP contribution in [0.15, 0.2) is 0 Å². The van der Waals surface area contributed by atoms with Gasteiger partial charge in [-0.2, -0.15) is 11.8 Å². The molecule has 1 fully saturated rings. The molecule has 0 aromatic carbocycles. The zero-order valence-corrected chi connectivity index (χ0v) is 10.4. The van der Waals surface area contributed by atoms with Gasteiger partial charge in [-0.3, -0.25) is 0 Å². The zero-order chi connectivity index (χ0) is 10.4. The minimum absolute atomic E-state index is 0.351. The molecule has 0 aromatic heterocycles. The van der Waals surface area contributed by atoms with Crippen molar-refractivity contribution in [1.29, 1.82) is 0 Å². The molecule has 1 rings (SSSR count). The van der Waals surface area contributed by atoms with E-state index >= 15 is 0 Å². The van der Waals surface area contributed by atoms with Crippen molar-refractivity contribution in [2.45, 2.75) is 69.6 Å². The lowest BCUT2D eigenvalue weighted by Crippen LogP contribution is -2.41. The highest BCUT2D eigenvalue weighted by atomic mass is 32.2. The largest absolute Gasteiger partial charge is 0.389 e. The fourth-order valence-corrected chi connectivity index (χ4v) is 3.39. The third kappa shape index (κ3) is 3.47. The van der Waals surface area contributed by atoms with Crippen LogP contribution in [0.25, 0.3) is 0 Å². The molecule has 0 spiro atoms. The van der Waals surface area contributed by atoms with E-state index in [2.05, 4.69) is 13.8 Å². The topological polar surface area (TPSA) is 20.2 Å². The number of aliphatic hydroxyl groups is 1. The van der Waals surface area contributed by atoms with E-state index < -0.39 is 0 Å². The summed E-state index contributed by atoms with van der Waals surface area (Å²) >= 11 is 1.94. The van der Waals surface area contributed by atoms with Crippen molar-refractivity contribution in [3.05, 3.63) is 0 Å². The quantitative estimate of drug-likeness (QED) is 0.709. The van der Waals surface area contributed by atoms with E-state index in [4.69, 9.17) is 0 Å². The Labute approximate surface area is 92.7 Å². The summed E-state index contributed by atoms with van der Waals surface area (Å²) < 4.78 is 0. The second-order valence-electron chi connectivity index (χ2n) is 4.53. The Kier molecular flexibility index (Phi) is 5.32. The summed E-state index contributed by atoms with van der Waals surface area (Å²) in [6.07, 6.45) is 8.32. The maximum Gasteiger partial charge on any atom is 0.0763 e. The van der Waals surface area contributed by atoms with E-state index in [1.54, 1.807) is 0 Å². The van der Waals surface area contributed by atoms with Crippen molar-refractivity contribution in [2.75, 3.05) is 5.75 Å². The van der Waals surface area contributed by atoms with Crippen LogP contribution < -0.4 is 0 Å². The van der Waals surface area contributed by atoms with Crippen LogP contribution >= 0.6 is 11.8 Å². The molecule has 1 aliphatic heterocycles. The lowest BCUT2D eigenvalue weighted by atomic mass is 9.88. The standard InChI is InChI=1S/C12H24OS/c1-3-4-5-6-8-12(13)9-7-10-14-11(12)2/h11,13H,3-10H2,1-2H3. The molecule has 0 aliphatic carbocycles. The van der Waals surface area contributed by atoms with E-state index in [1.807, 2.05) is 11.8 Å². The fourth-order valence-electron chi connectivity index (χ4n) is 2.18. The molecule has 0 amide bonds. The van der Waals surface area contributed by atoms with Gasteiger partial charge in [-0.25, -0.2) is 0 Å². The van der Waals surface area contributed by atoms with Crippen LogP contribution in [0.3, 0.4) is 0 Å². The Morgan fingerprint density at radius 2 is 2.14 bits per heavy atom. The molecular weight excluding hydrogens is 192 g/mol. The van der Waals surface area contributed by atoms with Crippen molar-refractivity contribution in [2.24, 2.45) is 0 Å². The molecule has 84 valence electrons. The van der Waals surface area contributed by atoms with Crippen LogP contribution in [0.4, 0.5) is 0 Å². The first-order valence-corrected chi connectivity index (χ1v) is 7.08. The van der Waals surface area contributed by atoms with Gasteiger partial charge in [-0.05, 0) is 25.0 Å². The zero-order valence-electron chi connectivity index (χ0n) is 9.59. The van der Waals surface area contributed by atoms with Crippen LogP contribution in [-0.2, 0) is 0 Å². The summed E-state index contributed by atoms with van der Waals surface area (Å²) in [7, 11) is 0. The van der Waals surface area contributed by atoms with E-state index in [0.717, 1.165) is 12.8 Å². The van der Waals surface area contributed by atoms with Gasteiger partial charge in [-0.1, -0.05) is 39.5 Å². The minimum Gasteiger partial charge on any atom is -0.389 e. The SMILES string of the molecule is CCCCCCC1(O)CCCSC1C. The normalized spacial score (nSPS) is 33.2. The Morgan fingerprint density at radius 1 is 1.36 bits per heavy atom. The summed E-state index contributed by atoms with van der Waals surface area (Å²) in [5.74, 6) is 1.23. The van der Waals surface area contributed by atoms with Gasteiger partial charge < -0.3 is 5.11 Å². The van der Waals surface area contributed by atoms with E-state index in [1.165, 1.54) is 37.9 Å². The summed E-state index contributed by atoms with van der Waals surface area (Å²) in [6.45, 7) is 4.41. The number of rotatable bonds is 5. The van der Waals surface area contributed by atoms with Gasteiger partial charge in [0.1, 0.15) is 0 Å². The van der Waals surface area contributed by atoms with Crippen LogP contribution in [0.1, 0.15) is 58.8 Å². The van der Waals surface area contributed by atoms with Crippen molar-refractivity contribution in [1.82, 2.24) is 0 Å². The van der Waals surface area contributed by atoms with Crippen LogP contribution in [0.2, 0.25) is 0 Å². The third-order valence-electron chi connectivity index (χ3n) is 3.34. The van der Waals surface area contributed by atoms with Gasteiger partial charge >= 0.3 is 0 Å². The summed E-state index contributed by atoms with van der Waals surface area (Å²) in [4.78, 5) is 0. The lowest BCUT2D eigenvalue weighted by Gasteiger charge is -2.37. The molecular formula is C12H24OS. The number of hydrogen-bond acceptors (Lipinski definition) is 2. The van der Waals surface area contributed by atoms with Crippen LogP contribution in [-0.4, -0.2) is 21.7 Å². The molecule has 1 aliphatic rings. The fraction of sp³-hybridized carbons (Fsp3) is 1.00. The van der Waals surface area contributed by atoms with Crippen molar-refractivity contribution >= 4 is 11.8 Å².